The molecule has 0 heterocycles. The van der Waals surface area contributed by atoms with E-state index < -0.39 is 0 Å². The quantitative estimate of drug-likeness (QED) is 0.409. The van der Waals surface area contributed by atoms with Crippen LogP contribution < -0.4 is 4.74 Å². The maximum absolute atomic E-state index is 6.14. The lowest BCUT2D eigenvalue weighted by Gasteiger charge is -2.10. The van der Waals surface area contributed by atoms with Crippen molar-refractivity contribution in [3.8, 4) is 5.75 Å². The first-order valence-electron chi connectivity index (χ1n) is 7.98. The molecule has 0 aliphatic rings. The number of nitrogens with zero attached hydrogens (tertiary/aromatic N) is 1. The van der Waals surface area contributed by atoms with Crippen molar-refractivity contribution in [3.63, 3.8) is 0 Å². The largest absolute Gasteiger partial charge is 0.488 e. The van der Waals surface area contributed by atoms with Crippen LogP contribution in [0.1, 0.15) is 16.7 Å². The van der Waals surface area contributed by atoms with Gasteiger partial charge in [-0.1, -0.05) is 53.0 Å². The molecule has 0 fully saturated rings. The standard InChI is InChI=1S/C21H16Cl3NO/c1-14-5-6-19(24)11-20(14)25-12-16-10-18(23)7-8-21(16)26-13-15-3-2-4-17(22)9-15/h2-12H,13H2,1H3. The van der Waals surface area contributed by atoms with Crippen molar-refractivity contribution < 1.29 is 4.74 Å². The molecule has 0 aliphatic heterocycles. The van der Waals surface area contributed by atoms with E-state index in [-0.39, 0.29) is 0 Å². The first-order chi connectivity index (χ1) is 12.5. The van der Waals surface area contributed by atoms with Crippen molar-refractivity contribution >= 4 is 46.7 Å². The molecule has 5 heteroatoms. The Bertz CT molecular complexity index is 954. The topological polar surface area (TPSA) is 21.6 Å². The maximum atomic E-state index is 6.14. The molecule has 3 rings (SSSR count). The van der Waals surface area contributed by atoms with Gasteiger partial charge in [-0.05, 0) is 60.5 Å². The number of benzene rings is 3. The fourth-order valence-corrected chi connectivity index (χ4v) is 2.96. The van der Waals surface area contributed by atoms with Gasteiger partial charge in [-0.25, -0.2) is 0 Å². The van der Waals surface area contributed by atoms with Crippen LogP contribution in [0.2, 0.25) is 15.1 Å². The van der Waals surface area contributed by atoms with Crippen LogP contribution in [0.4, 0.5) is 5.69 Å². The number of hydrogen-bond acceptors (Lipinski definition) is 2. The monoisotopic (exact) mass is 403 g/mol. The Labute approximate surface area is 168 Å². The number of aryl methyl sites for hydroxylation is 1. The molecule has 0 unspecified atom stereocenters. The highest BCUT2D eigenvalue weighted by Gasteiger charge is 2.05. The van der Waals surface area contributed by atoms with Crippen LogP contribution in [0.25, 0.3) is 0 Å². The maximum Gasteiger partial charge on any atom is 0.128 e. The molecule has 2 nitrogen and oxygen atoms in total. The summed E-state index contributed by atoms with van der Waals surface area (Å²) in [5, 5.41) is 1.94. The third-order valence-electron chi connectivity index (χ3n) is 3.77. The summed E-state index contributed by atoms with van der Waals surface area (Å²) in [6.45, 7) is 2.39. The molecule has 0 spiro atoms. The summed E-state index contributed by atoms with van der Waals surface area (Å²) in [5.41, 5.74) is 3.62. The minimum Gasteiger partial charge on any atom is -0.488 e. The van der Waals surface area contributed by atoms with E-state index in [1.165, 1.54) is 0 Å². The van der Waals surface area contributed by atoms with Crippen LogP contribution in [-0.2, 0) is 6.61 Å². The van der Waals surface area contributed by atoms with Gasteiger partial charge in [-0.3, -0.25) is 4.99 Å². The summed E-state index contributed by atoms with van der Waals surface area (Å²) >= 11 is 18.2. The predicted octanol–water partition coefficient (Wildman–Crippen LogP) is 7.28. The highest BCUT2D eigenvalue weighted by Crippen LogP contribution is 2.26. The minimum absolute atomic E-state index is 0.402. The van der Waals surface area contributed by atoms with Gasteiger partial charge in [-0.2, -0.15) is 0 Å². The van der Waals surface area contributed by atoms with E-state index in [4.69, 9.17) is 39.5 Å². The number of ether oxygens (including phenoxy) is 1. The lowest BCUT2D eigenvalue weighted by Crippen LogP contribution is -1.98. The summed E-state index contributed by atoms with van der Waals surface area (Å²) in [5.74, 6) is 0.692. The molecule has 0 N–H and O–H groups in total. The van der Waals surface area contributed by atoms with E-state index in [9.17, 15) is 0 Å². The zero-order chi connectivity index (χ0) is 18.5. The SMILES string of the molecule is Cc1ccc(Cl)cc1N=Cc1cc(Cl)ccc1OCc1cccc(Cl)c1. The van der Waals surface area contributed by atoms with Gasteiger partial charge >= 0.3 is 0 Å². The number of halogens is 3. The zero-order valence-corrected chi connectivity index (χ0v) is 16.3. The fraction of sp³-hybridized carbons (Fsp3) is 0.0952. The Kier molecular flexibility index (Phi) is 6.20. The van der Waals surface area contributed by atoms with Gasteiger partial charge in [-0.15, -0.1) is 0 Å². The number of hydrogen-bond donors (Lipinski definition) is 0. The lowest BCUT2D eigenvalue weighted by molar-refractivity contribution is 0.306. The molecule has 0 atom stereocenters. The highest BCUT2D eigenvalue weighted by molar-refractivity contribution is 6.31. The molecule has 0 aliphatic carbocycles. The number of rotatable bonds is 5. The van der Waals surface area contributed by atoms with E-state index in [0.29, 0.717) is 27.4 Å². The molecule has 0 saturated carbocycles. The van der Waals surface area contributed by atoms with Crippen molar-refractivity contribution in [1.29, 1.82) is 0 Å². The van der Waals surface area contributed by atoms with Crippen molar-refractivity contribution in [2.45, 2.75) is 13.5 Å². The van der Waals surface area contributed by atoms with Crippen molar-refractivity contribution in [2.75, 3.05) is 0 Å². The van der Waals surface area contributed by atoms with E-state index in [2.05, 4.69) is 4.99 Å². The van der Waals surface area contributed by atoms with Gasteiger partial charge in [0.15, 0.2) is 0 Å². The third-order valence-corrected chi connectivity index (χ3v) is 4.47. The van der Waals surface area contributed by atoms with Crippen molar-refractivity contribution in [1.82, 2.24) is 0 Å². The highest BCUT2D eigenvalue weighted by atomic mass is 35.5. The van der Waals surface area contributed by atoms with E-state index >= 15 is 0 Å². The van der Waals surface area contributed by atoms with Crippen LogP contribution in [0, 0.1) is 6.92 Å². The van der Waals surface area contributed by atoms with Crippen molar-refractivity contribution in [2.24, 2.45) is 4.99 Å². The van der Waals surface area contributed by atoms with Crippen LogP contribution in [0.15, 0.2) is 65.7 Å². The van der Waals surface area contributed by atoms with E-state index in [0.717, 1.165) is 22.4 Å². The summed E-state index contributed by atoms with van der Waals surface area (Å²) in [4.78, 5) is 4.54. The molecular weight excluding hydrogens is 389 g/mol. The smallest absolute Gasteiger partial charge is 0.128 e. The average Bonchev–Trinajstić information content (AvgIpc) is 2.62. The Balaban J connectivity index is 1.83. The van der Waals surface area contributed by atoms with Gasteiger partial charge in [0.25, 0.3) is 0 Å². The van der Waals surface area contributed by atoms with Gasteiger partial charge in [0.1, 0.15) is 12.4 Å². The second-order valence-corrected chi connectivity index (χ2v) is 7.10. The average molecular weight is 405 g/mol. The molecule has 0 radical (unpaired) electrons. The fourth-order valence-electron chi connectivity index (χ4n) is 2.40. The lowest BCUT2D eigenvalue weighted by atomic mass is 10.2. The molecule has 0 amide bonds. The second kappa shape index (κ2) is 8.59. The van der Waals surface area contributed by atoms with Crippen LogP contribution in [0.5, 0.6) is 5.75 Å². The van der Waals surface area contributed by atoms with Gasteiger partial charge in [0, 0.05) is 26.8 Å². The van der Waals surface area contributed by atoms with Gasteiger partial charge < -0.3 is 4.74 Å². The van der Waals surface area contributed by atoms with Crippen LogP contribution in [0.3, 0.4) is 0 Å². The van der Waals surface area contributed by atoms with Crippen LogP contribution >= 0.6 is 34.8 Å². The molecular formula is C21H16Cl3NO. The Morgan fingerprint density at radius 2 is 1.62 bits per heavy atom. The molecule has 3 aromatic rings. The Hall–Kier alpha value is -2.00. The van der Waals surface area contributed by atoms with Gasteiger partial charge in [0.05, 0.1) is 5.69 Å². The first-order valence-corrected chi connectivity index (χ1v) is 9.12. The summed E-state index contributed by atoms with van der Waals surface area (Å²) in [7, 11) is 0. The number of aliphatic imine (C=N–C) groups is 1. The summed E-state index contributed by atoms with van der Waals surface area (Å²) < 4.78 is 5.94. The normalized spacial score (nSPS) is 11.1. The Morgan fingerprint density at radius 3 is 2.42 bits per heavy atom. The molecule has 0 aromatic heterocycles. The summed E-state index contributed by atoms with van der Waals surface area (Å²) in [6, 6.07) is 18.6. The zero-order valence-electron chi connectivity index (χ0n) is 14.0. The van der Waals surface area contributed by atoms with Gasteiger partial charge in [0.2, 0.25) is 0 Å². The summed E-state index contributed by atoms with van der Waals surface area (Å²) in [6.07, 6.45) is 1.73. The third kappa shape index (κ3) is 5.01. The van der Waals surface area contributed by atoms with Crippen molar-refractivity contribution in [3.05, 3.63) is 92.4 Å². The second-order valence-electron chi connectivity index (χ2n) is 5.79. The molecule has 3 aromatic carbocycles. The molecule has 0 saturated heterocycles. The first kappa shape index (κ1) is 18.8. The molecule has 0 bridgehead atoms. The van der Waals surface area contributed by atoms with Crippen LogP contribution in [-0.4, -0.2) is 6.21 Å². The molecule has 132 valence electrons. The molecule has 26 heavy (non-hydrogen) atoms. The Morgan fingerprint density at radius 1 is 0.885 bits per heavy atom. The minimum atomic E-state index is 0.402. The van der Waals surface area contributed by atoms with E-state index in [1.54, 1.807) is 12.3 Å². The van der Waals surface area contributed by atoms with E-state index in [1.807, 2.05) is 61.5 Å². The predicted molar refractivity (Wildman–Crippen MR) is 111 cm³/mol.